The van der Waals surface area contributed by atoms with Crippen LogP contribution in [0.5, 0.6) is 0 Å². The molecule has 0 aliphatic heterocycles. The monoisotopic (exact) mass is 568 g/mol. The largest absolute Gasteiger partial charge is 0.467 e. The quantitative estimate of drug-likeness (QED) is 0.177. The first-order chi connectivity index (χ1) is 20.0. The molecule has 1 unspecified atom stereocenters. The minimum absolute atomic E-state index is 0.299. The smallest absolute Gasteiger partial charge is 0.328 e. The molecule has 0 fully saturated rings. The molecular formula is C34H36N2O4S. The van der Waals surface area contributed by atoms with Crippen LogP contribution in [0.15, 0.2) is 95.6 Å². The second kappa shape index (κ2) is 15.1. The van der Waals surface area contributed by atoms with Gasteiger partial charge in [-0.3, -0.25) is 4.79 Å². The van der Waals surface area contributed by atoms with Crippen molar-refractivity contribution in [3.63, 3.8) is 0 Å². The zero-order valence-corrected chi connectivity index (χ0v) is 24.5. The van der Waals surface area contributed by atoms with Crippen LogP contribution in [0.4, 0.5) is 0 Å². The van der Waals surface area contributed by atoms with Crippen molar-refractivity contribution >= 4 is 35.3 Å². The van der Waals surface area contributed by atoms with E-state index in [2.05, 4.69) is 28.8 Å². The topological polar surface area (TPSA) is 80.6 Å². The van der Waals surface area contributed by atoms with E-state index in [4.69, 9.17) is 9.15 Å². The fourth-order valence-corrected chi connectivity index (χ4v) is 5.11. The van der Waals surface area contributed by atoms with Crippen LogP contribution in [-0.2, 0) is 16.1 Å². The molecule has 1 heterocycles. The highest BCUT2D eigenvalue weighted by Gasteiger charge is 2.24. The van der Waals surface area contributed by atoms with Gasteiger partial charge in [-0.1, -0.05) is 60.7 Å². The summed E-state index contributed by atoms with van der Waals surface area (Å²) in [7, 11) is 1.34. The minimum atomic E-state index is -0.705. The SMILES string of the molecule is COC(=O)C(CCSC)NC(=O)c1ccc(CNC/C(=C\c2ccco2)c2ccccc2)cc1-c1ccccc1C. The first-order valence-electron chi connectivity index (χ1n) is 13.6. The number of thioether (sulfide) groups is 1. The zero-order valence-electron chi connectivity index (χ0n) is 23.7. The molecule has 41 heavy (non-hydrogen) atoms. The van der Waals surface area contributed by atoms with E-state index < -0.39 is 12.0 Å². The summed E-state index contributed by atoms with van der Waals surface area (Å²) < 4.78 is 10.5. The second-order valence-electron chi connectivity index (χ2n) is 9.68. The van der Waals surface area contributed by atoms with Gasteiger partial charge in [0, 0.05) is 18.7 Å². The van der Waals surface area contributed by atoms with Crippen molar-refractivity contribution in [3.8, 4) is 11.1 Å². The van der Waals surface area contributed by atoms with E-state index in [1.165, 1.54) is 7.11 Å². The predicted molar refractivity (Wildman–Crippen MR) is 168 cm³/mol. The number of esters is 1. The third-order valence-electron chi connectivity index (χ3n) is 6.81. The summed E-state index contributed by atoms with van der Waals surface area (Å²) in [5.41, 5.74) is 6.64. The molecule has 3 aromatic carbocycles. The van der Waals surface area contributed by atoms with Gasteiger partial charge in [-0.05, 0) is 89.1 Å². The summed E-state index contributed by atoms with van der Waals surface area (Å²) in [5, 5.41) is 6.46. The lowest BCUT2D eigenvalue weighted by Crippen LogP contribution is -2.42. The Kier molecular flexibility index (Phi) is 11.0. The number of hydrogen-bond acceptors (Lipinski definition) is 6. The summed E-state index contributed by atoms with van der Waals surface area (Å²) in [5.74, 6) is 0.786. The van der Waals surface area contributed by atoms with Crippen LogP contribution in [0.2, 0.25) is 0 Å². The molecule has 7 heteroatoms. The number of rotatable bonds is 13. The predicted octanol–water partition coefficient (Wildman–Crippen LogP) is 6.61. The molecule has 2 N–H and O–H groups in total. The van der Waals surface area contributed by atoms with Gasteiger partial charge in [-0.15, -0.1) is 0 Å². The fraction of sp³-hybridized carbons (Fsp3) is 0.235. The average Bonchev–Trinajstić information content (AvgIpc) is 3.52. The lowest BCUT2D eigenvalue weighted by Gasteiger charge is -2.19. The number of carbonyl (C=O) groups excluding carboxylic acids is 2. The first-order valence-corrected chi connectivity index (χ1v) is 15.0. The summed E-state index contributed by atoms with van der Waals surface area (Å²) in [6, 6.07) is 27.2. The molecule has 0 radical (unpaired) electrons. The summed E-state index contributed by atoms with van der Waals surface area (Å²) in [4.78, 5) is 25.9. The Hall–Kier alpha value is -4.07. The highest BCUT2D eigenvalue weighted by Crippen LogP contribution is 2.29. The molecule has 212 valence electrons. The lowest BCUT2D eigenvalue weighted by atomic mass is 9.93. The van der Waals surface area contributed by atoms with Gasteiger partial charge in [0.15, 0.2) is 0 Å². The van der Waals surface area contributed by atoms with E-state index >= 15 is 0 Å². The van der Waals surface area contributed by atoms with Crippen LogP contribution in [0.1, 0.15) is 39.2 Å². The normalized spacial score (nSPS) is 12.1. The van der Waals surface area contributed by atoms with Crippen LogP contribution in [0, 0.1) is 6.92 Å². The van der Waals surface area contributed by atoms with Crippen LogP contribution >= 0.6 is 11.8 Å². The number of nitrogens with one attached hydrogen (secondary N) is 2. The molecule has 1 aromatic heterocycles. The Balaban J connectivity index is 1.58. The minimum Gasteiger partial charge on any atom is -0.467 e. The van der Waals surface area contributed by atoms with E-state index in [1.54, 1.807) is 18.0 Å². The fourth-order valence-electron chi connectivity index (χ4n) is 4.64. The third-order valence-corrected chi connectivity index (χ3v) is 7.46. The van der Waals surface area contributed by atoms with Gasteiger partial charge in [0.25, 0.3) is 5.91 Å². The summed E-state index contributed by atoms with van der Waals surface area (Å²) in [6.45, 7) is 3.26. The molecule has 0 bridgehead atoms. The van der Waals surface area contributed by atoms with Crippen molar-refractivity contribution in [1.29, 1.82) is 0 Å². The molecule has 0 aliphatic rings. The number of furan rings is 1. The summed E-state index contributed by atoms with van der Waals surface area (Å²) >= 11 is 1.62. The van der Waals surface area contributed by atoms with E-state index in [1.807, 2.05) is 86.0 Å². The second-order valence-corrected chi connectivity index (χ2v) is 10.7. The Bertz CT molecular complexity index is 1470. The molecule has 0 saturated carbocycles. The molecular weight excluding hydrogens is 532 g/mol. The molecule has 4 aromatic rings. The molecule has 0 saturated heterocycles. The van der Waals surface area contributed by atoms with Crippen molar-refractivity contribution in [1.82, 2.24) is 10.6 Å². The Morgan fingerprint density at radius 3 is 2.46 bits per heavy atom. The highest BCUT2D eigenvalue weighted by atomic mass is 32.2. The zero-order chi connectivity index (χ0) is 29.0. The number of amides is 1. The number of hydrogen-bond donors (Lipinski definition) is 2. The van der Waals surface area contributed by atoms with Crippen molar-refractivity contribution in [2.75, 3.05) is 25.7 Å². The van der Waals surface area contributed by atoms with Crippen LogP contribution in [0.3, 0.4) is 0 Å². The highest BCUT2D eigenvalue weighted by molar-refractivity contribution is 7.98. The standard InChI is InChI=1S/C34H36N2O4S/c1-24-10-7-8-14-29(24)31-20-25(15-16-30(31)33(37)36-32(17-19-41-3)34(38)39-2)22-35-23-27(21-28-13-9-18-40-28)26-11-5-4-6-12-26/h4-16,18,20-21,32,35H,17,19,22-23H2,1-3H3,(H,36,37)/b27-21+. The molecule has 0 spiro atoms. The molecule has 1 amide bonds. The molecule has 0 aliphatic carbocycles. The van der Waals surface area contributed by atoms with Gasteiger partial charge in [0.2, 0.25) is 0 Å². The van der Waals surface area contributed by atoms with E-state index in [-0.39, 0.29) is 5.91 Å². The third kappa shape index (κ3) is 8.22. The lowest BCUT2D eigenvalue weighted by molar-refractivity contribution is -0.142. The van der Waals surface area contributed by atoms with E-state index in [0.717, 1.165) is 44.9 Å². The Labute approximate surface area is 246 Å². The maximum Gasteiger partial charge on any atom is 0.328 e. The van der Waals surface area contributed by atoms with Crippen LogP contribution < -0.4 is 10.6 Å². The van der Waals surface area contributed by atoms with Crippen LogP contribution in [0.25, 0.3) is 22.8 Å². The van der Waals surface area contributed by atoms with Gasteiger partial charge >= 0.3 is 5.97 Å². The number of benzene rings is 3. The maximum atomic E-state index is 13.5. The summed E-state index contributed by atoms with van der Waals surface area (Å²) in [6.07, 6.45) is 6.18. The number of carbonyl (C=O) groups is 2. The van der Waals surface area contributed by atoms with Gasteiger partial charge < -0.3 is 19.8 Å². The first kappa shape index (κ1) is 29.9. The van der Waals surface area contributed by atoms with Gasteiger partial charge in [-0.25, -0.2) is 4.79 Å². The van der Waals surface area contributed by atoms with Crippen LogP contribution in [-0.4, -0.2) is 43.6 Å². The molecule has 4 rings (SSSR count). The van der Waals surface area contributed by atoms with Crippen molar-refractivity contribution in [3.05, 3.63) is 119 Å². The van der Waals surface area contributed by atoms with Gasteiger partial charge in [-0.2, -0.15) is 11.8 Å². The molecule has 1 atom stereocenters. The molecule has 6 nitrogen and oxygen atoms in total. The van der Waals surface area contributed by atoms with Gasteiger partial charge in [0.1, 0.15) is 11.8 Å². The number of aryl methyl sites for hydroxylation is 1. The van der Waals surface area contributed by atoms with Crippen molar-refractivity contribution < 1.29 is 18.7 Å². The van der Waals surface area contributed by atoms with E-state index in [9.17, 15) is 9.59 Å². The Morgan fingerprint density at radius 1 is 0.976 bits per heavy atom. The van der Waals surface area contributed by atoms with Crippen molar-refractivity contribution in [2.45, 2.75) is 25.9 Å². The van der Waals surface area contributed by atoms with Crippen molar-refractivity contribution in [2.24, 2.45) is 0 Å². The number of methoxy groups -OCH3 is 1. The van der Waals surface area contributed by atoms with E-state index in [0.29, 0.717) is 25.1 Å². The average molecular weight is 569 g/mol. The Morgan fingerprint density at radius 2 is 1.76 bits per heavy atom. The maximum absolute atomic E-state index is 13.5. The number of ether oxygens (including phenoxy) is 1. The van der Waals surface area contributed by atoms with Gasteiger partial charge in [0.05, 0.1) is 13.4 Å².